The van der Waals surface area contributed by atoms with E-state index in [0.717, 1.165) is 24.1 Å². The molecule has 7 nitrogen and oxygen atoms in total. The molecule has 0 spiro atoms. The van der Waals surface area contributed by atoms with Crippen LogP contribution in [0.4, 0.5) is 5.69 Å². The summed E-state index contributed by atoms with van der Waals surface area (Å²) >= 11 is 1.48. The van der Waals surface area contributed by atoms with Crippen molar-refractivity contribution in [1.29, 1.82) is 0 Å². The molecule has 1 fully saturated rings. The van der Waals surface area contributed by atoms with E-state index in [9.17, 15) is 18.0 Å². The van der Waals surface area contributed by atoms with Crippen LogP contribution in [0.15, 0.2) is 39.3 Å². The first-order valence-corrected chi connectivity index (χ1v) is 12.5. The van der Waals surface area contributed by atoms with Crippen molar-refractivity contribution in [3.05, 3.63) is 45.0 Å². The Bertz CT molecular complexity index is 1250. The van der Waals surface area contributed by atoms with Crippen molar-refractivity contribution in [2.24, 2.45) is 14.1 Å². The SMILES string of the molecule is Cn1c(=O)n(C)c2cc(S(=O)(=O)C3CCCCC3)c(NC(=O)Cc3cccs3)cc21. The summed E-state index contributed by atoms with van der Waals surface area (Å²) in [5.41, 5.74) is 1.12. The van der Waals surface area contributed by atoms with Gasteiger partial charge in [0.2, 0.25) is 5.91 Å². The number of thiophene rings is 1. The fourth-order valence-electron chi connectivity index (χ4n) is 4.18. The zero-order valence-electron chi connectivity index (χ0n) is 17.1. The molecule has 0 saturated heterocycles. The first-order valence-electron chi connectivity index (χ1n) is 10.0. The number of nitrogens with one attached hydrogen (secondary N) is 1. The lowest BCUT2D eigenvalue weighted by Crippen LogP contribution is -2.26. The smallest absolute Gasteiger partial charge is 0.325 e. The van der Waals surface area contributed by atoms with Gasteiger partial charge in [-0.3, -0.25) is 13.9 Å². The predicted molar refractivity (Wildman–Crippen MR) is 119 cm³/mol. The van der Waals surface area contributed by atoms with Crippen LogP contribution in [-0.2, 0) is 35.1 Å². The van der Waals surface area contributed by atoms with Gasteiger partial charge in [-0.1, -0.05) is 25.3 Å². The molecule has 4 rings (SSSR count). The molecular weight excluding hydrogens is 422 g/mol. The number of anilines is 1. The normalized spacial score (nSPS) is 15.5. The van der Waals surface area contributed by atoms with E-state index >= 15 is 0 Å². The van der Waals surface area contributed by atoms with Crippen molar-refractivity contribution in [2.75, 3.05) is 5.32 Å². The monoisotopic (exact) mass is 447 g/mol. The van der Waals surface area contributed by atoms with Gasteiger partial charge in [0.25, 0.3) is 0 Å². The lowest BCUT2D eigenvalue weighted by Gasteiger charge is -2.23. The lowest BCUT2D eigenvalue weighted by molar-refractivity contribution is -0.115. The van der Waals surface area contributed by atoms with Gasteiger partial charge in [0.05, 0.1) is 33.3 Å². The van der Waals surface area contributed by atoms with E-state index in [2.05, 4.69) is 5.32 Å². The molecule has 1 aromatic carbocycles. The van der Waals surface area contributed by atoms with Crippen molar-refractivity contribution >= 4 is 43.8 Å². The summed E-state index contributed by atoms with van der Waals surface area (Å²) in [7, 11) is -0.391. The van der Waals surface area contributed by atoms with Crippen molar-refractivity contribution in [3.8, 4) is 0 Å². The predicted octanol–water partition coefficient (Wildman–Crippen LogP) is 3.23. The molecule has 30 heavy (non-hydrogen) atoms. The van der Waals surface area contributed by atoms with Crippen molar-refractivity contribution in [3.63, 3.8) is 0 Å². The van der Waals surface area contributed by atoms with Crippen LogP contribution in [0.5, 0.6) is 0 Å². The van der Waals surface area contributed by atoms with Crippen molar-refractivity contribution in [2.45, 2.75) is 48.7 Å². The van der Waals surface area contributed by atoms with Gasteiger partial charge in [-0.2, -0.15) is 0 Å². The first-order chi connectivity index (χ1) is 14.3. The maximum Gasteiger partial charge on any atom is 0.328 e. The van der Waals surface area contributed by atoms with Gasteiger partial charge in [0, 0.05) is 19.0 Å². The highest BCUT2D eigenvalue weighted by molar-refractivity contribution is 7.92. The van der Waals surface area contributed by atoms with Gasteiger partial charge in [-0.25, -0.2) is 13.2 Å². The van der Waals surface area contributed by atoms with E-state index in [4.69, 9.17) is 0 Å². The van der Waals surface area contributed by atoms with E-state index in [-0.39, 0.29) is 28.6 Å². The fourth-order valence-corrected chi connectivity index (χ4v) is 6.89. The van der Waals surface area contributed by atoms with Crippen LogP contribution in [0.3, 0.4) is 0 Å². The molecule has 1 N–H and O–H groups in total. The number of hydrogen-bond acceptors (Lipinski definition) is 5. The number of hydrogen-bond donors (Lipinski definition) is 1. The molecule has 0 aliphatic heterocycles. The molecule has 1 aliphatic carbocycles. The Kier molecular flexibility index (Phi) is 5.59. The van der Waals surface area contributed by atoms with Crippen LogP contribution in [0, 0.1) is 0 Å². The Balaban J connectivity index is 1.81. The van der Waals surface area contributed by atoms with Crippen LogP contribution in [-0.4, -0.2) is 28.7 Å². The molecule has 160 valence electrons. The third kappa shape index (κ3) is 3.72. The van der Waals surface area contributed by atoms with Crippen LogP contribution in [0.25, 0.3) is 11.0 Å². The van der Waals surface area contributed by atoms with Crippen LogP contribution < -0.4 is 11.0 Å². The van der Waals surface area contributed by atoms with Crippen LogP contribution in [0.2, 0.25) is 0 Å². The van der Waals surface area contributed by atoms with E-state index in [1.807, 2.05) is 17.5 Å². The molecule has 1 saturated carbocycles. The molecule has 0 unspecified atom stereocenters. The number of aryl methyl sites for hydroxylation is 2. The second-order valence-electron chi connectivity index (χ2n) is 7.85. The number of imidazole rings is 1. The molecule has 9 heteroatoms. The van der Waals surface area contributed by atoms with E-state index < -0.39 is 15.1 Å². The summed E-state index contributed by atoms with van der Waals surface area (Å²) in [6, 6.07) is 6.90. The third-order valence-electron chi connectivity index (χ3n) is 5.86. The topological polar surface area (TPSA) is 90.2 Å². The van der Waals surface area contributed by atoms with E-state index in [1.54, 1.807) is 26.2 Å². The standard InChI is InChI=1S/C21H25N3O4S2/c1-23-17-12-16(22-20(25)11-14-7-6-10-29-14)19(13-18(17)24(2)21(23)26)30(27,28)15-8-4-3-5-9-15/h6-7,10,12-13,15H,3-5,8-9,11H2,1-2H3,(H,22,25). The molecule has 3 aromatic rings. The number of amides is 1. The summed E-state index contributed by atoms with van der Waals surface area (Å²) in [6.45, 7) is 0. The number of aromatic nitrogens is 2. The van der Waals surface area contributed by atoms with Crippen LogP contribution >= 0.6 is 11.3 Å². The minimum absolute atomic E-state index is 0.0997. The van der Waals surface area contributed by atoms with Gasteiger partial charge < -0.3 is 5.32 Å². The van der Waals surface area contributed by atoms with E-state index in [0.29, 0.717) is 23.9 Å². The van der Waals surface area contributed by atoms with Gasteiger partial charge in [0.15, 0.2) is 9.84 Å². The summed E-state index contributed by atoms with van der Waals surface area (Å²) in [5.74, 6) is -0.280. The lowest BCUT2D eigenvalue weighted by atomic mass is 10.0. The second-order valence-corrected chi connectivity index (χ2v) is 11.1. The summed E-state index contributed by atoms with van der Waals surface area (Å²) in [6.07, 6.45) is 4.23. The van der Waals surface area contributed by atoms with Gasteiger partial charge in [-0.15, -0.1) is 11.3 Å². The Labute approximate surface area is 179 Å². The molecule has 2 heterocycles. The molecule has 1 amide bonds. The second kappa shape index (κ2) is 8.03. The number of benzene rings is 1. The quantitative estimate of drug-likeness (QED) is 0.650. The maximum atomic E-state index is 13.5. The fraction of sp³-hybridized carbons (Fsp3) is 0.429. The number of carbonyl (C=O) groups is 1. The third-order valence-corrected chi connectivity index (χ3v) is 9.04. The molecular formula is C21H25N3O4S2. The maximum absolute atomic E-state index is 13.5. The summed E-state index contributed by atoms with van der Waals surface area (Å²) in [4.78, 5) is 26.0. The Hall–Kier alpha value is -2.39. The van der Waals surface area contributed by atoms with Gasteiger partial charge in [0.1, 0.15) is 0 Å². The Morgan fingerprint density at radius 2 is 1.80 bits per heavy atom. The first kappa shape index (κ1) is 20.9. The number of nitrogens with zero attached hydrogens (tertiary/aromatic N) is 2. The highest BCUT2D eigenvalue weighted by Gasteiger charge is 2.32. The highest BCUT2D eigenvalue weighted by atomic mass is 32.2. The van der Waals surface area contributed by atoms with E-state index in [1.165, 1.54) is 20.5 Å². The highest BCUT2D eigenvalue weighted by Crippen LogP contribution is 2.34. The minimum atomic E-state index is -3.65. The van der Waals surface area contributed by atoms with Gasteiger partial charge >= 0.3 is 5.69 Å². The Morgan fingerprint density at radius 3 is 2.43 bits per heavy atom. The largest absolute Gasteiger partial charge is 0.328 e. The summed E-state index contributed by atoms with van der Waals surface area (Å²) in [5, 5.41) is 4.24. The Morgan fingerprint density at radius 1 is 1.13 bits per heavy atom. The number of rotatable bonds is 5. The summed E-state index contributed by atoms with van der Waals surface area (Å²) < 4.78 is 29.9. The van der Waals surface area contributed by atoms with Crippen molar-refractivity contribution < 1.29 is 13.2 Å². The number of sulfone groups is 1. The number of carbonyl (C=O) groups excluding carboxylic acids is 1. The molecule has 0 radical (unpaired) electrons. The molecule has 0 atom stereocenters. The zero-order valence-corrected chi connectivity index (χ0v) is 18.7. The van der Waals surface area contributed by atoms with Crippen LogP contribution in [0.1, 0.15) is 37.0 Å². The minimum Gasteiger partial charge on any atom is -0.325 e. The average molecular weight is 448 g/mol. The zero-order chi connectivity index (χ0) is 21.5. The molecule has 2 aromatic heterocycles. The molecule has 1 aliphatic rings. The number of fused-ring (bicyclic) bond motifs is 1. The average Bonchev–Trinajstić information content (AvgIpc) is 3.31. The molecule has 0 bridgehead atoms. The van der Waals surface area contributed by atoms with Gasteiger partial charge in [-0.05, 0) is 36.4 Å². The van der Waals surface area contributed by atoms with Crippen molar-refractivity contribution in [1.82, 2.24) is 9.13 Å².